The molecule has 2 N–H and O–H groups in total. The van der Waals surface area contributed by atoms with E-state index in [1.54, 1.807) is 6.07 Å². The molecule has 1 aromatic heterocycles. The van der Waals surface area contributed by atoms with E-state index in [0.717, 1.165) is 32.4 Å². The molecule has 1 aliphatic heterocycles. The largest absolute Gasteiger partial charge is 0.467 e. The maximum Gasteiger partial charge on any atom is 0.257 e. The Bertz CT molecular complexity index is 621. The molecule has 1 aliphatic rings. The summed E-state index contributed by atoms with van der Waals surface area (Å²) < 4.78 is 5.27. The summed E-state index contributed by atoms with van der Waals surface area (Å²) in [5.74, 6) is 1.25. The van der Waals surface area contributed by atoms with Crippen LogP contribution in [0.15, 0.2) is 47.1 Å². The van der Waals surface area contributed by atoms with Crippen molar-refractivity contribution in [2.45, 2.75) is 31.7 Å². The molecular formula is C18H22N2O2. The Balaban J connectivity index is 1.66. The zero-order valence-corrected chi connectivity index (χ0v) is 12.7. The fourth-order valence-corrected chi connectivity index (χ4v) is 3.14. The standard InChI is InChI=1S/C18H22N2O2/c19-12-17-11-16(13-22-17)18(21)20-9-4-7-15(8-10-20)14-5-2-1-3-6-14/h1-3,5-6,11,13,15H,4,7-10,12,19H2. The minimum Gasteiger partial charge on any atom is -0.467 e. The van der Waals surface area contributed by atoms with E-state index in [2.05, 4.69) is 24.3 Å². The highest BCUT2D eigenvalue weighted by atomic mass is 16.3. The summed E-state index contributed by atoms with van der Waals surface area (Å²) in [6, 6.07) is 12.3. The van der Waals surface area contributed by atoms with Crippen LogP contribution in [0.5, 0.6) is 0 Å². The predicted octanol–water partition coefficient (Wildman–Crippen LogP) is 3.15. The SMILES string of the molecule is NCc1cc(C(=O)N2CCCC(c3ccccc3)CC2)co1. The van der Waals surface area contributed by atoms with Crippen LogP contribution in [0.2, 0.25) is 0 Å². The first-order valence-corrected chi connectivity index (χ1v) is 7.89. The zero-order chi connectivity index (χ0) is 15.4. The Labute approximate surface area is 130 Å². The number of nitrogens with two attached hydrogens (primary N) is 1. The van der Waals surface area contributed by atoms with E-state index in [1.165, 1.54) is 11.8 Å². The van der Waals surface area contributed by atoms with Gasteiger partial charge in [0.25, 0.3) is 5.91 Å². The Morgan fingerprint density at radius 3 is 2.77 bits per heavy atom. The average Bonchev–Trinajstić information content (AvgIpc) is 2.92. The van der Waals surface area contributed by atoms with Gasteiger partial charge in [0.15, 0.2) is 0 Å². The minimum atomic E-state index is 0.0529. The van der Waals surface area contributed by atoms with E-state index >= 15 is 0 Å². The summed E-state index contributed by atoms with van der Waals surface area (Å²) in [5, 5.41) is 0. The monoisotopic (exact) mass is 298 g/mol. The first-order valence-electron chi connectivity index (χ1n) is 7.89. The van der Waals surface area contributed by atoms with E-state index in [0.29, 0.717) is 23.8 Å². The summed E-state index contributed by atoms with van der Waals surface area (Å²) >= 11 is 0. The van der Waals surface area contributed by atoms with Crippen molar-refractivity contribution >= 4 is 5.91 Å². The van der Waals surface area contributed by atoms with Gasteiger partial charge in [0.05, 0.1) is 12.1 Å². The third-order valence-electron chi connectivity index (χ3n) is 4.39. The number of carbonyl (C=O) groups is 1. The number of hydrogen-bond acceptors (Lipinski definition) is 3. The molecule has 0 aliphatic carbocycles. The first-order chi connectivity index (χ1) is 10.8. The molecular weight excluding hydrogens is 276 g/mol. The fraction of sp³-hybridized carbons (Fsp3) is 0.389. The normalized spacial score (nSPS) is 19.0. The molecule has 1 atom stereocenters. The summed E-state index contributed by atoms with van der Waals surface area (Å²) in [4.78, 5) is 14.5. The molecule has 0 radical (unpaired) electrons. The van der Waals surface area contributed by atoms with Gasteiger partial charge in [-0.15, -0.1) is 0 Å². The highest BCUT2D eigenvalue weighted by Crippen LogP contribution is 2.28. The van der Waals surface area contributed by atoms with Gasteiger partial charge in [0.2, 0.25) is 0 Å². The Hall–Kier alpha value is -2.07. The third-order valence-corrected chi connectivity index (χ3v) is 4.39. The van der Waals surface area contributed by atoms with Crippen molar-refractivity contribution in [3.63, 3.8) is 0 Å². The quantitative estimate of drug-likeness (QED) is 0.947. The average molecular weight is 298 g/mol. The van der Waals surface area contributed by atoms with Crippen LogP contribution in [0.4, 0.5) is 0 Å². The second-order valence-corrected chi connectivity index (χ2v) is 5.84. The lowest BCUT2D eigenvalue weighted by Gasteiger charge is -2.20. The molecule has 116 valence electrons. The maximum absolute atomic E-state index is 12.6. The molecule has 0 bridgehead atoms. The molecule has 1 fully saturated rings. The molecule has 1 unspecified atom stereocenters. The summed E-state index contributed by atoms with van der Waals surface area (Å²) in [7, 11) is 0. The van der Waals surface area contributed by atoms with Crippen molar-refractivity contribution in [2.75, 3.05) is 13.1 Å². The molecule has 22 heavy (non-hydrogen) atoms. The van der Waals surface area contributed by atoms with Crippen LogP contribution < -0.4 is 5.73 Å². The van der Waals surface area contributed by atoms with Crippen LogP contribution >= 0.6 is 0 Å². The van der Waals surface area contributed by atoms with E-state index in [4.69, 9.17) is 10.2 Å². The number of benzene rings is 1. The Kier molecular flexibility index (Phi) is 4.59. The molecule has 4 nitrogen and oxygen atoms in total. The molecule has 1 aromatic carbocycles. The van der Waals surface area contributed by atoms with Crippen LogP contribution in [0.1, 0.15) is 46.9 Å². The molecule has 2 heterocycles. The maximum atomic E-state index is 12.6. The second kappa shape index (κ2) is 6.79. The van der Waals surface area contributed by atoms with E-state index < -0.39 is 0 Å². The van der Waals surface area contributed by atoms with Gasteiger partial charge in [-0.25, -0.2) is 0 Å². The predicted molar refractivity (Wildman–Crippen MR) is 85.5 cm³/mol. The smallest absolute Gasteiger partial charge is 0.257 e. The van der Waals surface area contributed by atoms with Gasteiger partial charge in [-0.2, -0.15) is 0 Å². The summed E-state index contributed by atoms with van der Waals surface area (Å²) in [6.45, 7) is 1.93. The fourth-order valence-electron chi connectivity index (χ4n) is 3.14. The Morgan fingerprint density at radius 1 is 1.23 bits per heavy atom. The number of likely N-dealkylation sites (tertiary alicyclic amines) is 1. The molecule has 4 heteroatoms. The van der Waals surface area contributed by atoms with Crippen molar-refractivity contribution < 1.29 is 9.21 Å². The lowest BCUT2D eigenvalue weighted by atomic mass is 9.92. The molecule has 0 saturated carbocycles. The lowest BCUT2D eigenvalue weighted by molar-refractivity contribution is 0.0760. The number of rotatable bonds is 3. The van der Waals surface area contributed by atoms with E-state index in [-0.39, 0.29) is 5.91 Å². The van der Waals surface area contributed by atoms with E-state index in [9.17, 15) is 4.79 Å². The minimum absolute atomic E-state index is 0.0529. The van der Waals surface area contributed by atoms with Crippen LogP contribution in [0, 0.1) is 0 Å². The van der Waals surface area contributed by atoms with Crippen LogP contribution in [0.3, 0.4) is 0 Å². The number of furan rings is 1. The number of nitrogens with zero attached hydrogens (tertiary/aromatic N) is 1. The molecule has 1 saturated heterocycles. The molecule has 1 amide bonds. The van der Waals surface area contributed by atoms with Crippen molar-refractivity contribution in [3.05, 3.63) is 59.5 Å². The van der Waals surface area contributed by atoms with Crippen LogP contribution in [-0.4, -0.2) is 23.9 Å². The number of carbonyl (C=O) groups excluding carboxylic acids is 1. The van der Waals surface area contributed by atoms with Gasteiger partial charge in [-0.3, -0.25) is 4.79 Å². The van der Waals surface area contributed by atoms with Gasteiger partial charge in [-0.1, -0.05) is 30.3 Å². The van der Waals surface area contributed by atoms with Gasteiger partial charge < -0.3 is 15.1 Å². The van der Waals surface area contributed by atoms with E-state index in [1.807, 2.05) is 11.0 Å². The third kappa shape index (κ3) is 3.22. The van der Waals surface area contributed by atoms with Gasteiger partial charge in [-0.05, 0) is 36.8 Å². The summed E-state index contributed by atoms with van der Waals surface area (Å²) in [6.07, 6.45) is 4.70. The molecule has 2 aromatic rings. The number of hydrogen-bond donors (Lipinski definition) is 1. The Morgan fingerprint density at radius 2 is 2.05 bits per heavy atom. The van der Waals surface area contributed by atoms with Crippen molar-refractivity contribution in [3.8, 4) is 0 Å². The number of amides is 1. The lowest BCUT2D eigenvalue weighted by Crippen LogP contribution is -2.31. The van der Waals surface area contributed by atoms with Gasteiger partial charge in [0, 0.05) is 13.1 Å². The molecule has 3 rings (SSSR count). The highest BCUT2D eigenvalue weighted by molar-refractivity contribution is 5.94. The van der Waals surface area contributed by atoms with Gasteiger partial charge >= 0.3 is 0 Å². The topological polar surface area (TPSA) is 59.5 Å². The molecule has 0 spiro atoms. The van der Waals surface area contributed by atoms with Crippen molar-refractivity contribution in [1.29, 1.82) is 0 Å². The van der Waals surface area contributed by atoms with Crippen LogP contribution in [0.25, 0.3) is 0 Å². The highest BCUT2D eigenvalue weighted by Gasteiger charge is 2.23. The zero-order valence-electron chi connectivity index (χ0n) is 12.7. The van der Waals surface area contributed by atoms with Crippen molar-refractivity contribution in [2.24, 2.45) is 5.73 Å². The second-order valence-electron chi connectivity index (χ2n) is 5.84. The first kappa shape index (κ1) is 14.9. The van der Waals surface area contributed by atoms with Crippen molar-refractivity contribution in [1.82, 2.24) is 4.90 Å². The summed E-state index contributed by atoms with van der Waals surface area (Å²) in [5.41, 5.74) is 7.52. The van der Waals surface area contributed by atoms with Crippen LogP contribution in [-0.2, 0) is 6.54 Å². The van der Waals surface area contributed by atoms with Gasteiger partial charge in [0.1, 0.15) is 12.0 Å².